The van der Waals surface area contributed by atoms with Crippen molar-refractivity contribution in [2.75, 3.05) is 52.7 Å². The zero-order chi connectivity index (χ0) is 20.8. The quantitative estimate of drug-likeness (QED) is 0.542. The Hall–Kier alpha value is -2.48. The van der Waals surface area contributed by atoms with Crippen molar-refractivity contribution in [1.29, 1.82) is 0 Å². The maximum Gasteiger partial charge on any atom is 0.244 e. The Morgan fingerprint density at radius 1 is 1.13 bits per heavy atom. The number of likely N-dealkylation sites (tertiary alicyclic amines) is 1. The molecule has 8 heteroatoms. The SMILES string of the molecule is CCNC(=NCC(=O)N1CCCC1)NCC1(c2ccc3c(c2)OCO3)CCOCC1. The van der Waals surface area contributed by atoms with Crippen LogP contribution >= 0.6 is 0 Å². The Labute approximate surface area is 178 Å². The van der Waals surface area contributed by atoms with E-state index in [9.17, 15) is 4.79 Å². The Kier molecular flexibility index (Phi) is 6.62. The molecule has 0 bridgehead atoms. The number of carbonyl (C=O) groups is 1. The highest BCUT2D eigenvalue weighted by Gasteiger charge is 2.36. The smallest absolute Gasteiger partial charge is 0.244 e. The number of fused-ring (bicyclic) bond motifs is 1. The van der Waals surface area contributed by atoms with Gasteiger partial charge < -0.3 is 29.7 Å². The summed E-state index contributed by atoms with van der Waals surface area (Å²) in [5.41, 5.74) is 1.13. The van der Waals surface area contributed by atoms with Crippen LogP contribution < -0.4 is 20.1 Å². The summed E-state index contributed by atoms with van der Waals surface area (Å²) in [4.78, 5) is 18.8. The van der Waals surface area contributed by atoms with Crippen LogP contribution in [-0.4, -0.2) is 69.5 Å². The lowest BCUT2D eigenvalue weighted by molar-refractivity contribution is -0.128. The average molecular weight is 417 g/mol. The average Bonchev–Trinajstić information content (AvgIpc) is 3.47. The number of guanidine groups is 1. The highest BCUT2D eigenvalue weighted by Crippen LogP contribution is 2.40. The van der Waals surface area contributed by atoms with Crippen molar-refractivity contribution in [2.24, 2.45) is 4.99 Å². The molecule has 3 heterocycles. The van der Waals surface area contributed by atoms with Crippen molar-refractivity contribution in [3.8, 4) is 11.5 Å². The van der Waals surface area contributed by atoms with Gasteiger partial charge in [0.15, 0.2) is 17.5 Å². The predicted molar refractivity (Wildman–Crippen MR) is 114 cm³/mol. The van der Waals surface area contributed by atoms with Crippen molar-refractivity contribution in [1.82, 2.24) is 15.5 Å². The Morgan fingerprint density at radius 2 is 1.90 bits per heavy atom. The van der Waals surface area contributed by atoms with Crippen LogP contribution in [0.1, 0.15) is 38.2 Å². The van der Waals surface area contributed by atoms with Gasteiger partial charge in [-0.25, -0.2) is 4.99 Å². The number of rotatable bonds is 6. The third-order valence-electron chi connectivity index (χ3n) is 6.20. The molecule has 0 spiro atoms. The van der Waals surface area contributed by atoms with Crippen LogP contribution in [0.5, 0.6) is 11.5 Å². The largest absolute Gasteiger partial charge is 0.454 e. The summed E-state index contributed by atoms with van der Waals surface area (Å²) in [6.45, 7) is 7.07. The first-order chi connectivity index (χ1) is 14.7. The molecule has 0 atom stereocenters. The van der Waals surface area contributed by atoms with Crippen molar-refractivity contribution in [2.45, 2.75) is 38.0 Å². The highest BCUT2D eigenvalue weighted by molar-refractivity contribution is 5.85. The van der Waals surface area contributed by atoms with Crippen molar-refractivity contribution >= 4 is 11.9 Å². The molecular formula is C22H32N4O4. The molecule has 2 saturated heterocycles. The van der Waals surface area contributed by atoms with Gasteiger partial charge in [-0.2, -0.15) is 0 Å². The molecule has 0 radical (unpaired) electrons. The Morgan fingerprint density at radius 3 is 2.67 bits per heavy atom. The van der Waals surface area contributed by atoms with Crippen LogP contribution in [0.3, 0.4) is 0 Å². The van der Waals surface area contributed by atoms with E-state index in [2.05, 4.69) is 27.8 Å². The normalized spacial score (nSPS) is 20.3. The third kappa shape index (κ3) is 4.64. The van der Waals surface area contributed by atoms with Gasteiger partial charge in [0.05, 0.1) is 0 Å². The van der Waals surface area contributed by atoms with Gasteiger partial charge in [-0.05, 0) is 50.3 Å². The zero-order valence-corrected chi connectivity index (χ0v) is 17.7. The first-order valence-corrected chi connectivity index (χ1v) is 11.0. The summed E-state index contributed by atoms with van der Waals surface area (Å²) in [7, 11) is 0. The van der Waals surface area contributed by atoms with E-state index in [-0.39, 0.29) is 24.7 Å². The van der Waals surface area contributed by atoms with E-state index in [4.69, 9.17) is 14.2 Å². The molecule has 164 valence electrons. The summed E-state index contributed by atoms with van der Waals surface area (Å²) in [6, 6.07) is 6.21. The first-order valence-electron chi connectivity index (χ1n) is 11.0. The minimum Gasteiger partial charge on any atom is -0.454 e. The Bertz CT molecular complexity index is 770. The third-order valence-corrected chi connectivity index (χ3v) is 6.20. The summed E-state index contributed by atoms with van der Waals surface area (Å²) in [5.74, 6) is 2.37. The molecule has 0 aliphatic carbocycles. The fourth-order valence-corrected chi connectivity index (χ4v) is 4.36. The van der Waals surface area contributed by atoms with Crippen LogP contribution in [-0.2, 0) is 14.9 Å². The molecule has 30 heavy (non-hydrogen) atoms. The van der Waals surface area contributed by atoms with Gasteiger partial charge in [-0.3, -0.25) is 4.79 Å². The summed E-state index contributed by atoms with van der Waals surface area (Å²) in [5, 5.41) is 6.75. The van der Waals surface area contributed by atoms with E-state index in [0.29, 0.717) is 12.5 Å². The van der Waals surface area contributed by atoms with Crippen molar-refractivity contribution in [3.63, 3.8) is 0 Å². The van der Waals surface area contributed by atoms with Crippen LogP contribution in [0.2, 0.25) is 0 Å². The molecule has 0 saturated carbocycles. The summed E-state index contributed by atoms with van der Waals surface area (Å²) < 4.78 is 16.7. The molecule has 8 nitrogen and oxygen atoms in total. The van der Waals surface area contributed by atoms with Crippen LogP contribution in [0.25, 0.3) is 0 Å². The Balaban J connectivity index is 1.46. The number of ether oxygens (including phenoxy) is 3. The first kappa shape index (κ1) is 20.8. The van der Waals surface area contributed by atoms with E-state index in [0.717, 1.165) is 70.0 Å². The molecule has 0 aromatic heterocycles. The standard InChI is InChI=1S/C22H32N4O4/c1-2-23-21(24-14-20(27)26-9-3-4-10-26)25-15-22(7-11-28-12-8-22)17-5-6-18-19(13-17)30-16-29-18/h5-6,13H,2-4,7-12,14-16H2,1H3,(H2,23,24,25). The number of aliphatic imine (C=N–C) groups is 1. The summed E-state index contributed by atoms with van der Waals surface area (Å²) in [6.07, 6.45) is 4.00. The molecule has 0 unspecified atom stereocenters. The van der Waals surface area contributed by atoms with Crippen molar-refractivity contribution in [3.05, 3.63) is 23.8 Å². The second kappa shape index (κ2) is 9.55. The fourth-order valence-electron chi connectivity index (χ4n) is 4.36. The van der Waals surface area contributed by atoms with Crippen LogP contribution in [0.4, 0.5) is 0 Å². The second-order valence-corrected chi connectivity index (χ2v) is 8.10. The minimum atomic E-state index is -0.0889. The maximum absolute atomic E-state index is 12.4. The van der Waals surface area contributed by atoms with E-state index < -0.39 is 0 Å². The molecule has 2 fully saturated rings. The molecule has 1 aromatic carbocycles. The number of nitrogens with zero attached hydrogens (tertiary/aromatic N) is 2. The molecule has 2 N–H and O–H groups in total. The second-order valence-electron chi connectivity index (χ2n) is 8.10. The highest BCUT2D eigenvalue weighted by atomic mass is 16.7. The van der Waals surface area contributed by atoms with Crippen LogP contribution in [0, 0.1) is 0 Å². The lowest BCUT2D eigenvalue weighted by atomic mass is 9.74. The molecule has 1 amide bonds. The van der Waals surface area contributed by atoms with Crippen molar-refractivity contribution < 1.29 is 19.0 Å². The topological polar surface area (TPSA) is 84.4 Å². The van der Waals surface area contributed by atoms with E-state index in [1.54, 1.807) is 0 Å². The number of benzene rings is 1. The summed E-state index contributed by atoms with van der Waals surface area (Å²) >= 11 is 0. The van der Waals surface area contributed by atoms with Gasteiger partial charge in [0.2, 0.25) is 12.7 Å². The lowest BCUT2D eigenvalue weighted by Crippen LogP contribution is -2.48. The van der Waals surface area contributed by atoms with Crippen LogP contribution in [0.15, 0.2) is 23.2 Å². The van der Waals surface area contributed by atoms with Gasteiger partial charge >= 0.3 is 0 Å². The number of hydrogen-bond acceptors (Lipinski definition) is 5. The number of hydrogen-bond donors (Lipinski definition) is 2. The molecule has 4 rings (SSSR count). The van der Waals surface area contributed by atoms with E-state index in [1.165, 1.54) is 5.56 Å². The number of amides is 1. The van der Waals surface area contributed by atoms with E-state index in [1.807, 2.05) is 17.9 Å². The van der Waals surface area contributed by atoms with Gasteiger partial charge in [-0.15, -0.1) is 0 Å². The number of nitrogens with one attached hydrogen (secondary N) is 2. The van der Waals surface area contributed by atoms with Gasteiger partial charge in [0, 0.05) is 44.8 Å². The van der Waals surface area contributed by atoms with E-state index >= 15 is 0 Å². The minimum absolute atomic E-state index is 0.0889. The van der Waals surface area contributed by atoms with Gasteiger partial charge in [0.1, 0.15) is 6.54 Å². The maximum atomic E-state index is 12.4. The van der Waals surface area contributed by atoms with Gasteiger partial charge in [-0.1, -0.05) is 6.07 Å². The molecule has 3 aliphatic heterocycles. The predicted octanol–water partition coefficient (Wildman–Crippen LogP) is 1.64. The molecular weight excluding hydrogens is 384 g/mol. The monoisotopic (exact) mass is 416 g/mol. The molecule has 1 aromatic rings. The van der Waals surface area contributed by atoms with Gasteiger partial charge in [0.25, 0.3) is 0 Å². The molecule has 3 aliphatic rings. The lowest BCUT2D eigenvalue weighted by Gasteiger charge is -2.38. The zero-order valence-electron chi connectivity index (χ0n) is 17.7. The fraction of sp³-hybridized carbons (Fsp3) is 0.636. The number of carbonyl (C=O) groups excluding carboxylic acids is 1.